The summed E-state index contributed by atoms with van der Waals surface area (Å²) < 4.78 is 0. The van der Waals surface area contributed by atoms with Gasteiger partial charge in [-0.25, -0.2) is 0 Å². The average molecular weight is 126 g/mol. The lowest BCUT2D eigenvalue weighted by Gasteiger charge is -2.23. The third kappa shape index (κ3) is 1.70. The van der Waals surface area contributed by atoms with Gasteiger partial charge in [0.25, 0.3) is 0 Å². The van der Waals surface area contributed by atoms with Crippen LogP contribution in [0.25, 0.3) is 0 Å². The molecule has 0 aliphatic carbocycles. The number of nitrogens with zero attached hydrogens (tertiary/aromatic N) is 2. The van der Waals surface area contributed by atoms with Gasteiger partial charge in [-0.1, -0.05) is 6.92 Å². The molecule has 0 radical (unpaired) electrons. The summed E-state index contributed by atoms with van der Waals surface area (Å²) in [5.74, 6) is 0.792. The molecule has 1 unspecified atom stereocenters. The minimum Gasteiger partial charge on any atom is -0.366 e. The van der Waals surface area contributed by atoms with Crippen LogP contribution in [0.5, 0.6) is 0 Å². The van der Waals surface area contributed by atoms with E-state index in [2.05, 4.69) is 23.9 Å². The lowest BCUT2D eigenvalue weighted by molar-refractivity contribution is 0.365. The standard InChI is InChI=1S/C7H14N2/c1-3-7-4-8-6-9(2)5-7/h6-7H,3-5H2,1-2H3. The Morgan fingerprint density at radius 1 is 1.78 bits per heavy atom. The first-order valence-corrected chi connectivity index (χ1v) is 3.53. The molecular weight excluding hydrogens is 112 g/mol. The first kappa shape index (κ1) is 6.59. The van der Waals surface area contributed by atoms with Crippen LogP contribution < -0.4 is 0 Å². The Hall–Kier alpha value is -0.530. The van der Waals surface area contributed by atoms with Crippen LogP contribution in [0.15, 0.2) is 4.99 Å². The maximum atomic E-state index is 4.21. The van der Waals surface area contributed by atoms with E-state index in [4.69, 9.17) is 0 Å². The molecule has 0 amide bonds. The lowest BCUT2D eigenvalue weighted by Crippen LogP contribution is -2.30. The number of hydrogen-bond acceptors (Lipinski definition) is 2. The van der Waals surface area contributed by atoms with E-state index in [0.717, 1.165) is 12.5 Å². The molecule has 52 valence electrons. The number of rotatable bonds is 1. The van der Waals surface area contributed by atoms with Gasteiger partial charge in [0, 0.05) is 20.1 Å². The first-order valence-electron chi connectivity index (χ1n) is 3.53. The van der Waals surface area contributed by atoms with Crippen molar-refractivity contribution >= 4 is 6.34 Å². The fourth-order valence-electron chi connectivity index (χ4n) is 1.11. The molecule has 0 spiro atoms. The summed E-state index contributed by atoms with van der Waals surface area (Å²) >= 11 is 0. The summed E-state index contributed by atoms with van der Waals surface area (Å²) in [4.78, 5) is 6.36. The van der Waals surface area contributed by atoms with E-state index in [9.17, 15) is 0 Å². The Labute approximate surface area is 56.6 Å². The van der Waals surface area contributed by atoms with Crippen LogP contribution in [-0.2, 0) is 0 Å². The van der Waals surface area contributed by atoms with Crippen molar-refractivity contribution < 1.29 is 0 Å². The fraction of sp³-hybridized carbons (Fsp3) is 0.857. The highest BCUT2D eigenvalue weighted by atomic mass is 15.1. The molecule has 9 heavy (non-hydrogen) atoms. The van der Waals surface area contributed by atoms with E-state index in [0.29, 0.717) is 0 Å². The van der Waals surface area contributed by atoms with E-state index < -0.39 is 0 Å². The predicted molar refractivity (Wildman–Crippen MR) is 39.8 cm³/mol. The zero-order chi connectivity index (χ0) is 6.69. The molecule has 0 fully saturated rings. The van der Waals surface area contributed by atoms with Gasteiger partial charge >= 0.3 is 0 Å². The van der Waals surface area contributed by atoms with E-state index in [1.54, 1.807) is 0 Å². The number of aliphatic imine (C=N–C) groups is 1. The van der Waals surface area contributed by atoms with Gasteiger partial charge in [0.05, 0.1) is 6.34 Å². The summed E-state index contributed by atoms with van der Waals surface area (Å²) in [6, 6.07) is 0. The van der Waals surface area contributed by atoms with Crippen LogP contribution in [0.2, 0.25) is 0 Å². The Morgan fingerprint density at radius 3 is 3.00 bits per heavy atom. The zero-order valence-corrected chi connectivity index (χ0v) is 6.17. The SMILES string of the molecule is CCC1CN=CN(C)C1. The molecule has 2 nitrogen and oxygen atoms in total. The van der Waals surface area contributed by atoms with Gasteiger partial charge < -0.3 is 4.90 Å². The molecule has 0 bridgehead atoms. The van der Waals surface area contributed by atoms with Gasteiger partial charge in [-0.15, -0.1) is 0 Å². The van der Waals surface area contributed by atoms with Crippen molar-refractivity contribution in [1.82, 2.24) is 4.90 Å². The summed E-state index contributed by atoms with van der Waals surface area (Å²) in [7, 11) is 2.07. The number of hydrogen-bond donors (Lipinski definition) is 0. The summed E-state index contributed by atoms with van der Waals surface area (Å²) in [5.41, 5.74) is 0. The Morgan fingerprint density at radius 2 is 2.56 bits per heavy atom. The lowest BCUT2D eigenvalue weighted by atomic mass is 10.1. The zero-order valence-electron chi connectivity index (χ0n) is 6.17. The average Bonchev–Trinajstić information content (AvgIpc) is 1.88. The molecule has 1 atom stereocenters. The normalized spacial score (nSPS) is 26.9. The minimum absolute atomic E-state index is 0.792. The molecule has 0 saturated carbocycles. The van der Waals surface area contributed by atoms with E-state index in [1.165, 1.54) is 13.0 Å². The molecule has 2 heteroatoms. The summed E-state index contributed by atoms with van der Waals surface area (Å²) in [6.45, 7) is 4.43. The molecule has 0 saturated heterocycles. The first-order chi connectivity index (χ1) is 4.33. The Bertz CT molecular complexity index is 109. The summed E-state index contributed by atoms with van der Waals surface area (Å²) in [5, 5.41) is 0. The fourth-order valence-corrected chi connectivity index (χ4v) is 1.11. The second-order valence-electron chi connectivity index (χ2n) is 2.69. The highest BCUT2D eigenvalue weighted by Crippen LogP contribution is 2.07. The van der Waals surface area contributed by atoms with Crippen LogP contribution in [0.3, 0.4) is 0 Å². The minimum atomic E-state index is 0.792. The molecule has 0 aromatic rings. The molecule has 0 aromatic heterocycles. The Kier molecular flexibility index (Phi) is 2.09. The van der Waals surface area contributed by atoms with Gasteiger partial charge in [-0.05, 0) is 12.3 Å². The van der Waals surface area contributed by atoms with Crippen molar-refractivity contribution in [2.75, 3.05) is 20.1 Å². The second-order valence-corrected chi connectivity index (χ2v) is 2.69. The third-order valence-corrected chi connectivity index (χ3v) is 1.77. The monoisotopic (exact) mass is 126 g/mol. The molecule has 1 aliphatic heterocycles. The smallest absolute Gasteiger partial charge is 0.0847 e. The van der Waals surface area contributed by atoms with Crippen LogP contribution in [0, 0.1) is 5.92 Å². The van der Waals surface area contributed by atoms with E-state index in [1.807, 2.05) is 6.34 Å². The van der Waals surface area contributed by atoms with Crippen molar-refractivity contribution in [3.8, 4) is 0 Å². The van der Waals surface area contributed by atoms with Gasteiger partial charge in [0.15, 0.2) is 0 Å². The van der Waals surface area contributed by atoms with Gasteiger partial charge in [-0.2, -0.15) is 0 Å². The molecule has 0 aromatic carbocycles. The van der Waals surface area contributed by atoms with Crippen LogP contribution in [-0.4, -0.2) is 31.4 Å². The largest absolute Gasteiger partial charge is 0.366 e. The Balaban J connectivity index is 2.38. The van der Waals surface area contributed by atoms with Gasteiger partial charge in [-0.3, -0.25) is 4.99 Å². The van der Waals surface area contributed by atoms with E-state index >= 15 is 0 Å². The molecular formula is C7H14N2. The van der Waals surface area contributed by atoms with Gasteiger partial charge in [0.2, 0.25) is 0 Å². The molecule has 0 N–H and O–H groups in total. The van der Waals surface area contributed by atoms with Crippen molar-refractivity contribution in [3.63, 3.8) is 0 Å². The topological polar surface area (TPSA) is 15.6 Å². The van der Waals surface area contributed by atoms with Crippen molar-refractivity contribution in [1.29, 1.82) is 0 Å². The van der Waals surface area contributed by atoms with Crippen LogP contribution >= 0.6 is 0 Å². The van der Waals surface area contributed by atoms with Gasteiger partial charge in [0.1, 0.15) is 0 Å². The predicted octanol–water partition coefficient (Wildman–Crippen LogP) is 0.986. The highest BCUT2D eigenvalue weighted by Gasteiger charge is 2.10. The quantitative estimate of drug-likeness (QED) is 0.511. The van der Waals surface area contributed by atoms with Crippen molar-refractivity contribution in [2.45, 2.75) is 13.3 Å². The second kappa shape index (κ2) is 2.85. The highest BCUT2D eigenvalue weighted by molar-refractivity contribution is 5.55. The van der Waals surface area contributed by atoms with Crippen LogP contribution in [0.4, 0.5) is 0 Å². The molecule has 1 aliphatic rings. The van der Waals surface area contributed by atoms with Crippen molar-refractivity contribution in [2.24, 2.45) is 10.9 Å². The third-order valence-electron chi connectivity index (χ3n) is 1.77. The maximum Gasteiger partial charge on any atom is 0.0847 e. The maximum absolute atomic E-state index is 4.21. The van der Waals surface area contributed by atoms with Crippen molar-refractivity contribution in [3.05, 3.63) is 0 Å². The van der Waals surface area contributed by atoms with E-state index in [-0.39, 0.29) is 0 Å². The van der Waals surface area contributed by atoms with Crippen LogP contribution in [0.1, 0.15) is 13.3 Å². The molecule has 1 rings (SSSR count). The molecule has 1 heterocycles. The summed E-state index contributed by atoms with van der Waals surface area (Å²) in [6.07, 6.45) is 3.17.